The Morgan fingerprint density at radius 3 is 2.43 bits per heavy atom. The molecule has 148 valence electrons. The Labute approximate surface area is 157 Å². The summed E-state index contributed by atoms with van der Waals surface area (Å²) in [6.45, 7) is 0. The summed E-state index contributed by atoms with van der Waals surface area (Å²) in [6.07, 6.45) is -4.98. The summed E-state index contributed by atoms with van der Waals surface area (Å²) >= 11 is 5.91. The van der Waals surface area contributed by atoms with E-state index in [-0.39, 0.29) is 25.6 Å². The number of esters is 1. The molecule has 3 rings (SSSR count). The highest BCUT2D eigenvalue weighted by Crippen LogP contribution is 2.34. The van der Waals surface area contributed by atoms with Crippen LogP contribution in [0.15, 0.2) is 32.2 Å². The molecule has 0 bridgehead atoms. The molecular formula is C16H9ClF4N2O5. The van der Waals surface area contributed by atoms with E-state index in [1.165, 1.54) is 0 Å². The molecule has 0 aliphatic heterocycles. The number of benzene rings is 1. The first-order valence-corrected chi connectivity index (χ1v) is 7.75. The molecule has 0 N–H and O–H groups in total. The minimum Gasteiger partial charge on any atom is -0.463 e. The molecular weight excluding hydrogens is 412 g/mol. The molecule has 2 heterocycles. The van der Waals surface area contributed by atoms with Gasteiger partial charge in [0.2, 0.25) is 5.76 Å². The third-order valence-electron chi connectivity index (χ3n) is 3.90. The van der Waals surface area contributed by atoms with Gasteiger partial charge >= 0.3 is 17.8 Å². The van der Waals surface area contributed by atoms with E-state index in [2.05, 4.69) is 4.74 Å². The largest absolute Gasteiger partial charge is 0.463 e. The van der Waals surface area contributed by atoms with Crippen molar-refractivity contribution >= 4 is 28.5 Å². The van der Waals surface area contributed by atoms with Gasteiger partial charge in [0.15, 0.2) is 11.4 Å². The fourth-order valence-electron chi connectivity index (χ4n) is 2.62. The van der Waals surface area contributed by atoms with Crippen LogP contribution < -0.4 is 11.2 Å². The second-order valence-corrected chi connectivity index (χ2v) is 5.98. The Bertz CT molecular complexity index is 1240. The number of aromatic nitrogens is 2. The van der Waals surface area contributed by atoms with E-state index in [9.17, 15) is 31.9 Å². The molecule has 3 aromatic rings. The van der Waals surface area contributed by atoms with Gasteiger partial charge in [-0.15, -0.1) is 0 Å². The Hall–Kier alpha value is -3.08. The number of rotatable bonds is 2. The normalized spacial score (nSPS) is 11.8. The van der Waals surface area contributed by atoms with Crippen molar-refractivity contribution in [3.63, 3.8) is 0 Å². The molecule has 7 nitrogen and oxygen atoms in total. The first-order chi connectivity index (χ1) is 13.0. The van der Waals surface area contributed by atoms with Crippen LogP contribution in [0.3, 0.4) is 0 Å². The number of carbonyl (C=O) groups is 1. The lowest BCUT2D eigenvalue weighted by Crippen LogP contribution is -2.41. The smallest absolute Gasteiger partial charge is 0.431 e. The third kappa shape index (κ3) is 2.97. The van der Waals surface area contributed by atoms with Gasteiger partial charge in [0.05, 0.1) is 12.1 Å². The van der Waals surface area contributed by atoms with E-state index in [0.717, 1.165) is 26.3 Å². The standard InChI is InChI=1S/C16H9ClF4N2O5/c1-22-10(16(19,20)21)5-11(24)23(15(22)26)12-8(18)4-7(17)6-3-9(14(25)27-2)28-13(6)12/h3-5H,1-2H3. The van der Waals surface area contributed by atoms with Crippen LogP contribution in [0.5, 0.6) is 0 Å². The van der Waals surface area contributed by atoms with Crippen LogP contribution in [0.25, 0.3) is 16.7 Å². The second kappa shape index (κ2) is 6.51. The number of hydrogen-bond acceptors (Lipinski definition) is 5. The fourth-order valence-corrected chi connectivity index (χ4v) is 2.86. The first kappa shape index (κ1) is 19.7. The molecule has 1 aromatic carbocycles. The van der Waals surface area contributed by atoms with E-state index in [1.807, 2.05) is 0 Å². The number of nitrogens with zero attached hydrogens (tertiary/aromatic N) is 2. The van der Waals surface area contributed by atoms with Crippen molar-refractivity contribution in [3.05, 3.63) is 61.3 Å². The number of halogens is 5. The molecule has 0 unspecified atom stereocenters. The van der Waals surface area contributed by atoms with Gasteiger partial charge in [0, 0.05) is 24.6 Å². The van der Waals surface area contributed by atoms with Crippen LogP contribution in [0.4, 0.5) is 17.6 Å². The SMILES string of the molecule is COC(=O)c1cc2c(Cl)cc(F)c(-n3c(=O)cc(C(F)(F)F)n(C)c3=O)c2o1. The molecule has 0 radical (unpaired) electrons. The zero-order valence-corrected chi connectivity index (χ0v) is 14.8. The lowest BCUT2D eigenvalue weighted by molar-refractivity contribution is -0.144. The maximum absolute atomic E-state index is 14.6. The molecule has 0 amide bonds. The van der Waals surface area contributed by atoms with Gasteiger partial charge < -0.3 is 9.15 Å². The van der Waals surface area contributed by atoms with Crippen molar-refractivity contribution in [2.24, 2.45) is 7.05 Å². The topological polar surface area (TPSA) is 83.4 Å². The number of methoxy groups -OCH3 is 1. The van der Waals surface area contributed by atoms with Gasteiger partial charge in [-0.25, -0.2) is 18.5 Å². The number of ether oxygens (including phenoxy) is 1. The molecule has 0 saturated carbocycles. The number of alkyl halides is 3. The van der Waals surface area contributed by atoms with Gasteiger partial charge in [0.25, 0.3) is 5.56 Å². The van der Waals surface area contributed by atoms with Crippen molar-refractivity contribution < 1.29 is 31.5 Å². The van der Waals surface area contributed by atoms with Gasteiger partial charge in [0.1, 0.15) is 11.4 Å². The summed E-state index contributed by atoms with van der Waals surface area (Å²) in [5.74, 6) is -2.59. The third-order valence-corrected chi connectivity index (χ3v) is 4.22. The lowest BCUT2D eigenvalue weighted by Gasteiger charge is -2.14. The van der Waals surface area contributed by atoms with Crippen LogP contribution in [-0.2, 0) is 18.0 Å². The average molecular weight is 421 g/mol. The van der Waals surface area contributed by atoms with E-state index >= 15 is 0 Å². The summed E-state index contributed by atoms with van der Waals surface area (Å²) in [5, 5.41) is -0.265. The Morgan fingerprint density at radius 2 is 1.86 bits per heavy atom. The quantitative estimate of drug-likeness (QED) is 0.470. The summed E-state index contributed by atoms with van der Waals surface area (Å²) in [4.78, 5) is 36.3. The number of furan rings is 1. The Balaban J connectivity index is 2.44. The summed E-state index contributed by atoms with van der Waals surface area (Å²) in [6, 6.07) is 1.97. The monoisotopic (exact) mass is 420 g/mol. The highest BCUT2D eigenvalue weighted by Gasteiger charge is 2.35. The van der Waals surface area contributed by atoms with Crippen molar-refractivity contribution in [3.8, 4) is 5.69 Å². The summed E-state index contributed by atoms with van der Waals surface area (Å²) in [5.41, 5.74) is -5.70. The molecule has 12 heteroatoms. The molecule has 0 atom stereocenters. The van der Waals surface area contributed by atoms with Crippen LogP contribution in [0.2, 0.25) is 5.02 Å². The Morgan fingerprint density at radius 1 is 1.21 bits per heavy atom. The van der Waals surface area contributed by atoms with Crippen LogP contribution in [-0.4, -0.2) is 22.2 Å². The van der Waals surface area contributed by atoms with E-state index in [0.29, 0.717) is 0 Å². The van der Waals surface area contributed by atoms with Crippen LogP contribution in [0.1, 0.15) is 16.2 Å². The second-order valence-electron chi connectivity index (χ2n) is 5.58. The highest BCUT2D eigenvalue weighted by atomic mass is 35.5. The summed E-state index contributed by atoms with van der Waals surface area (Å²) in [7, 11) is 1.82. The van der Waals surface area contributed by atoms with E-state index in [1.54, 1.807) is 0 Å². The number of carbonyl (C=O) groups excluding carboxylic acids is 1. The van der Waals surface area contributed by atoms with Crippen LogP contribution in [0, 0.1) is 5.82 Å². The predicted octanol–water partition coefficient (Wildman–Crippen LogP) is 2.88. The van der Waals surface area contributed by atoms with Crippen molar-refractivity contribution in [1.82, 2.24) is 9.13 Å². The van der Waals surface area contributed by atoms with Gasteiger partial charge in [-0.2, -0.15) is 13.2 Å². The average Bonchev–Trinajstić information content (AvgIpc) is 3.04. The predicted molar refractivity (Wildman–Crippen MR) is 88.4 cm³/mol. The Kier molecular flexibility index (Phi) is 4.58. The molecule has 2 aromatic heterocycles. The molecule has 0 fully saturated rings. The zero-order valence-electron chi connectivity index (χ0n) is 14.1. The molecule has 0 spiro atoms. The fraction of sp³-hybridized carbons (Fsp3) is 0.188. The van der Waals surface area contributed by atoms with Crippen molar-refractivity contribution in [2.45, 2.75) is 6.18 Å². The highest BCUT2D eigenvalue weighted by molar-refractivity contribution is 6.35. The lowest BCUT2D eigenvalue weighted by atomic mass is 10.2. The van der Waals surface area contributed by atoms with E-state index < -0.39 is 51.9 Å². The van der Waals surface area contributed by atoms with Gasteiger partial charge in [-0.05, 0) is 6.07 Å². The maximum atomic E-state index is 14.6. The summed E-state index contributed by atoms with van der Waals surface area (Å²) < 4.78 is 63.5. The first-order valence-electron chi connectivity index (χ1n) is 7.38. The van der Waals surface area contributed by atoms with Gasteiger partial charge in [-0.1, -0.05) is 11.6 Å². The molecule has 0 aliphatic rings. The number of hydrogen-bond donors (Lipinski definition) is 0. The number of fused-ring (bicyclic) bond motifs is 1. The molecule has 0 aliphatic carbocycles. The van der Waals surface area contributed by atoms with Crippen molar-refractivity contribution in [1.29, 1.82) is 0 Å². The zero-order chi connectivity index (χ0) is 21.0. The molecule has 28 heavy (non-hydrogen) atoms. The van der Waals surface area contributed by atoms with Crippen LogP contribution >= 0.6 is 11.6 Å². The minimum atomic E-state index is -4.98. The van der Waals surface area contributed by atoms with Gasteiger partial charge in [-0.3, -0.25) is 9.36 Å². The minimum absolute atomic E-state index is 0.0488. The maximum Gasteiger partial charge on any atom is 0.431 e. The van der Waals surface area contributed by atoms with Crippen molar-refractivity contribution in [2.75, 3.05) is 7.11 Å². The molecule has 0 saturated heterocycles. The van der Waals surface area contributed by atoms with E-state index in [4.69, 9.17) is 16.0 Å².